The second-order valence-electron chi connectivity index (χ2n) is 5.28. The first kappa shape index (κ1) is 16.2. The number of carbonyl (C=O) groups excluding carboxylic acids is 1. The smallest absolute Gasteiger partial charge is 0.335 e. The molecule has 5 nitrogen and oxygen atoms in total. The van der Waals surface area contributed by atoms with Crippen molar-refractivity contribution in [2.75, 3.05) is 6.54 Å². The van der Waals surface area contributed by atoms with E-state index >= 15 is 0 Å². The molecule has 1 atom stereocenters. The number of hydrogen-bond donors (Lipinski definition) is 3. The van der Waals surface area contributed by atoms with E-state index in [0.29, 0.717) is 25.3 Å². The lowest BCUT2D eigenvalue weighted by atomic mass is 10.0. The molecule has 1 amide bonds. The number of carboxylic acids is 1. The van der Waals surface area contributed by atoms with E-state index in [1.54, 1.807) is 18.2 Å². The van der Waals surface area contributed by atoms with Gasteiger partial charge in [-0.05, 0) is 36.5 Å². The van der Waals surface area contributed by atoms with E-state index in [4.69, 9.17) is 10.8 Å². The zero-order chi connectivity index (χ0) is 15.1. The van der Waals surface area contributed by atoms with E-state index in [9.17, 15) is 9.59 Å². The van der Waals surface area contributed by atoms with Crippen LogP contribution in [0.15, 0.2) is 24.3 Å². The molecule has 1 aromatic carbocycles. The molecule has 0 saturated carbocycles. The molecule has 0 aromatic heterocycles. The standard InChI is InChI=1S/C15H22N2O3/c1-10(2)8-13(16)14(18)17-7-6-11-4-3-5-12(9-11)15(19)20/h3-5,9-10,13H,6-8,16H2,1-2H3,(H,17,18)(H,19,20)/t13-/m0/s1. The lowest BCUT2D eigenvalue weighted by Gasteiger charge is -2.14. The molecule has 0 aliphatic rings. The maximum Gasteiger partial charge on any atom is 0.335 e. The Labute approximate surface area is 119 Å². The van der Waals surface area contributed by atoms with Gasteiger partial charge in [0.1, 0.15) is 0 Å². The van der Waals surface area contributed by atoms with E-state index in [2.05, 4.69) is 5.32 Å². The van der Waals surface area contributed by atoms with Gasteiger partial charge in [-0.2, -0.15) is 0 Å². The summed E-state index contributed by atoms with van der Waals surface area (Å²) in [6.07, 6.45) is 1.24. The Balaban J connectivity index is 2.42. The highest BCUT2D eigenvalue weighted by molar-refractivity contribution is 5.87. The van der Waals surface area contributed by atoms with Gasteiger partial charge in [0.2, 0.25) is 5.91 Å². The second-order valence-corrected chi connectivity index (χ2v) is 5.28. The summed E-state index contributed by atoms with van der Waals surface area (Å²) < 4.78 is 0. The molecule has 0 bridgehead atoms. The molecule has 110 valence electrons. The molecule has 0 saturated heterocycles. The third-order valence-electron chi connectivity index (χ3n) is 2.95. The molecular formula is C15H22N2O3. The molecule has 0 radical (unpaired) electrons. The van der Waals surface area contributed by atoms with E-state index in [0.717, 1.165) is 5.56 Å². The van der Waals surface area contributed by atoms with Gasteiger partial charge < -0.3 is 16.2 Å². The Kier molecular flexibility index (Phi) is 6.18. The van der Waals surface area contributed by atoms with Crippen molar-refractivity contribution in [2.24, 2.45) is 11.7 Å². The number of carbonyl (C=O) groups is 2. The zero-order valence-corrected chi connectivity index (χ0v) is 11.9. The van der Waals surface area contributed by atoms with E-state index in [1.165, 1.54) is 0 Å². The molecule has 0 aliphatic carbocycles. The number of amides is 1. The average molecular weight is 278 g/mol. The number of rotatable bonds is 7. The fraction of sp³-hybridized carbons (Fsp3) is 0.467. The quantitative estimate of drug-likeness (QED) is 0.703. The van der Waals surface area contributed by atoms with Crippen LogP contribution >= 0.6 is 0 Å². The summed E-state index contributed by atoms with van der Waals surface area (Å²) in [5.41, 5.74) is 6.90. The van der Waals surface area contributed by atoms with Gasteiger partial charge in [0.05, 0.1) is 11.6 Å². The molecule has 0 fully saturated rings. The van der Waals surface area contributed by atoms with Crippen molar-refractivity contribution in [2.45, 2.75) is 32.7 Å². The first-order valence-electron chi connectivity index (χ1n) is 6.75. The molecule has 0 aliphatic heterocycles. The molecule has 1 rings (SSSR count). The summed E-state index contributed by atoms with van der Waals surface area (Å²) in [6.45, 7) is 4.49. The van der Waals surface area contributed by atoms with Crippen LogP contribution < -0.4 is 11.1 Å². The Bertz CT molecular complexity index is 472. The normalized spacial score (nSPS) is 12.2. The Morgan fingerprint density at radius 1 is 1.35 bits per heavy atom. The van der Waals surface area contributed by atoms with Crippen LogP contribution in [0.5, 0.6) is 0 Å². The highest BCUT2D eigenvalue weighted by Gasteiger charge is 2.14. The van der Waals surface area contributed by atoms with Crippen molar-refractivity contribution in [3.8, 4) is 0 Å². The van der Waals surface area contributed by atoms with Crippen molar-refractivity contribution in [1.82, 2.24) is 5.32 Å². The van der Waals surface area contributed by atoms with Gasteiger partial charge in [0, 0.05) is 6.54 Å². The van der Waals surface area contributed by atoms with Crippen LogP contribution in [0.2, 0.25) is 0 Å². The van der Waals surface area contributed by atoms with Crippen LogP contribution in [0.1, 0.15) is 36.2 Å². The monoisotopic (exact) mass is 278 g/mol. The predicted molar refractivity (Wildman–Crippen MR) is 77.5 cm³/mol. The number of benzene rings is 1. The molecule has 0 spiro atoms. The molecule has 5 heteroatoms. The minimum atomic E-state index is -0.949. The van der Waals surface area contributed by atoms with E-state index in [1.807, 2.05) is 19.9 Å². The number of carboxylic acid groups (broad SMARTS) is 1. The largest absolute Gasteiger partial charge is 0.478 e. The van der Waals surface area contributed by atoms with Crippen LogP contribution in [-0.2, 0) is 11.2 Å². The first-order valence-corrected chi connectivity index (χ1v) is 6.75. The molecular weight excluding hydrogens is 256 g/mol. The zero-order valence-electron chi connectivity index (χ0n) is 11.9. The number of hydrogen-bond acceptors (Lipinski definition) is 3. The van der Waals surface area contributed by atoms with Crippen molar-refractivity contribution in [1.29, 1.82) is 0 Å². The summed E-state index contributed by atoms with van der Waals surface area (Å²) in [7, 11) is 0. The fourth-order valence-electron chi connectivity index (χ4n) is 1.94. The summed E-state index contributed by atoms with van der Waals surface area (Å²) in [5.74, 6) is -0.731. The predicted octanol–water partition coefficient (Wildman–Crippen LogP) is 1.42. The summed E-state index contributed by atoms with van der Waals surface area (Å²) in [5, 5.41) is 11.7. The average Bonchev–Trinajstić information content (AvgIpc) is 2.38. The lowest BCUT2D eigenvalue weighted by molar-refractivity contribution is -0.122. The van der Waals surface area contributed by atoms with Crippen molar-refractivity contribution in [3.63, 3.8) is 0 Å². The maximum atomic E-state index is 11.7. The SMILES string of the molecule is CC(C)C[C@H](N)C(=O)NCCc1cccc(C(=O)O)c1. The summed E-state index contributed by atoms with van der Waals surface area (Å²) in [6, 6.07) is 6.21. The van der Waals surface area contributed by atoms with Gasteiger partial charge in [-0.3, -0.25) is 4.79 Å². The Morgan fingerprint density at radius 3 is 2.65 bits per heavy atom. The molecule has 0 heterocycles. The molecule has 1 aromatic rings. The Morgan fingerprint density at radius 2 is 2.05 bits per heavy atom. The minimum absolute atomic E-state index is 0.159. The Hall–Kier alpha value is -1.88. The van der Waals surface area contributed by atoms with E-state index in [-0.39, 0.29) is 11.5 Å². The maximum absolute atomic E-state index is 11.7. The highest BCUT2D eigenvalue weighted by Crippen LogP contribution is 2.06. The van der Waals surface area contributed by atoms with Gasteiger partial charge in [-0.15, -0.1) is 0 Å². The lowest BCUT2D eigenvalue weighted by Crippen LogP contribution is -2.42. The van der Waals surface area contributed by atoms with Crippen molar-refractivity contribution < 1.29 is 14.7 Å². The molecule has 4 N–H and O–H groups in total. The fourth-order valence-corrected chi connectivity index (χ4v) is 1.94. The highest BCUT2D eigenvalue weighted by atomic mass is 16.4. The first-order chi connectivity index (χ1) is 9.40. The van der Waals surface area contributed by atoms with Gasteiger partial charge in [-0.1, -0.05) is 26.0 Å². The number of nitrogens with one attached hydrogen (secondary N) is 1. The topological polar surface area (TPSA) is 92.4 Å². The third kappa shape index (κ3) is 5.40. The van der Waals surface area contributed by atoms with Gasteiger partial charge in [-0.25, -0.2) is 4.79 Å². The van der Waals surface area contributed by atoms with E-state index < -0.39 is 12.0 Å². The van der Waals surface area contributed by atoms with Crippen molar-refractivity contribution >= 4 is 11.9 Å². The summed E-state index contributed by atoms with van der Waals surface area (Å²) >= 11 is 0. The summed E-state index contributed by atoms with van der Waals surface area (Å²) in [4.78, 5) is 22.6. The number of aromatic carboxylic acids is 1. The second kappa shape index (κ2) is 7.65. The van der Waals surface area contributed by atoms with Crippen LogP contribution in [0, 0.1) is 5.92 Å². The van der Waals surface area contributed by atoms with Gasteiger partial charge in [0.25, 0.3) is 0 Å². The van der Waals surface area contributed by atoms with Gasteiger partial charge >= 0.3 is 5.97 Å². The van der Waals surface area contributed by atoms with Crippen LogP contribution in [-0.4, -0.2) is 29.6 Å². The number of nitrogens with two attached hydrogens (primary N) is 1. The van der Waals surface area contributed by atoms with Crippen LogP contribution in [0.25, 0.3) is 0 Å². The van der Waals surface area contributed by atoms with Crippen LogP contribution in [0.3, 0.4) is 0 Å². The molecule has 0 unspecified atom stereocenters. The third-order valence-corrected chi connectivity index (χ3v) is 2.95. The van der Waals surface area contributed by atoms with Gasteiger partial charge in [0.15, 0.2) is 0 Å². The van der Waals surface area contributed by atoms with Crippen molar-refractivity contribution in [3.05, 3.63) is 35.4 Å². The minimum Gasteiger partial charge on any atom is -0.478 e. The van der Waals surface area contributed by atoms with Crippen LogP contribution in [0.4, 0.5) is 0 Å². The molecule has 20 heavy (non-hydrogen) atoms.